The molecule has 1 saturated carbocycles. The zero-order chi connectivity index (χ0) is 15.3. The maximum atomic E-state index is 12.3. The van der Waals surface area contributed by atoms with E-state index in [0.29, 0.717) is 10.6 Å². The highest BCUT2D eigenvalue weighted by atomic mass is 32.2. The lowest BCUT2D eigenvalue weighted by atomic mass is 10.1. The number of sulfonamides is 1. The van der Waals surface area contributed by atoms with Crippen molar-refractivity contribution in [1.82, 2.24) is 4.72 Å². The van der Waals surface area contributed by atoms with E-state index in [1.807, 2.05) is 12.1 Å². The van der Waals surface area contributed by atoms with Crippen molar-refractivity contribution in [2.24, 2.45) is 5.92 Å². The number of nitrogens with one attached hydrogen (secondary N) is 2. The highest BCUT2D eigenvalue weighted by Crippen LogP contribution is 2.25. The smallest absolute Gasteiger partial charge is 0.242 e. The second-order valence-electron chi connectivity index (χ2n) is 6.21. The molecular formula is C16H26N2O2S. The van der Waals surface area contributed by atoms with Crippen LogP contribution < -0.4 is 10.0 Å². The SMILES string of the molecule is CC(C)CCCCNc1ccccc1S(=O)(=O)NC1CC1. The van der Waals surface area contributed by atoms with Gasteiger partial charge in [0.25, 0.3) is 0 Å². The van der Waals surface area contributed by atoms with Crippen LogP contribution in [-0.4, -0.2) is 21.0 Å². The molecule has 0 atom stereocenters. The molecular weight excluding hydrogens is 284 g/mol. The number of unbranched alkanes of at least 4 members (excludes halogenated alkanes) is 1. The van der Waals surface area contributed by atoms with E-state index >= 15 is 0 Å². The molecule has 1 aliphatic rings. The molecule has 2 rings (SSSR count). The number of rotatable bonds is 9. The Labute approximate surface area is 128 Å². The molecule has 0 radical (unpaired) electrons. The number of anilines is 1. The van der Waals surface area contributed by atoms with Crippen LogP contribution in [0.3, 0.4) is 0 Å². The molecule has 4 nitrogen and oxygen atoms in total. The van der Waals surface area contributed by atoms with Crippen molar-refractivity contribution < 1.29 is 8.42 Å². The van der Waals surface area contributed by atoms with Crippen LogP contribution in [0.15, 0.2) is 29.2 Å². The van der Waals surface area contributed by atoms with E-state index in [4.69, 9.17) is 0 Å². The average molecular weight is 310 g/mol. The van der Waals surface area contributed by atoms with E-state index in [1.54, 1.807) is 12.1 Å². The summed E-state index contributed by atoms with van der Waals surface area (Å²) in [5.74, 6) is 0.723. The van der Waals surface area contributed by atoms with Gasteiger partial charge in [-0.2, -0.15) is 0 Å². The highest BCUT2D eigenvalue weighted by molar-refractivity contribution is 7.89. The molecule has 1 aromatic rings. The molecule has 1 aromatic carbocycles. The van der Waals surface area contributed by atoms with E-state index in [-0.39, 0.29) is 6.04 Å². The summed E-state index contributed by atoms with van der Waals surface area (Å²) in [6, 6.07) is 7.28. The molecule has 0 spiro atoms. The van der Waals surface area contributed by atoms with Crippen LogP contribution in [0.5, 0.6) is 0 Å². The minimum absolute atomic E-state index is 0.133. The topological polar surface area (TPSA) is 58.2 Å². The fraction of sp³-hybridized carbons (Fsp3) is 0.625. The molecule has 1 aliphatic carbocycles. The molecule has 0 aliphatic heterocycles. The van der Waals surface area contributed by atoms with Gasteiger partial charge in [0.05, 0.1) is 5.69 Å². The van der Waals surface area contributed by atoms with Crippen LogP contribution in [-0.2, 0) is 10.0 Å². The van der Waals surface area contributed by atoms with Crippen LogP contribution in [0.25, 0.3) is 0 Å². The largest absolute Gasteiger partial charge is 0.384 e. The van der Waals surface area contributed by atoms with Crippen molar-refractivity contribution in [2.45, 2.75) is 56.9 Å². The summed E-state index contributed by atoms with van der Waals surface area (Å²) in [5.41, 5.74) is 0.704. The zero-order valence-corrected chi connectivity index (χ0v) is 13.7. The van der Waals surface area contributed by atoms with Gasteiger partial charge in [-0.05, 0) is 37.3 Å². The van der Waals surface area contributed by atoms with Crippen molar-refractivity contribution >= 4 is 15.7 Å². The van der Waals surface area contributed by atoms with Gasteiger partial charge in [0.15, 0.2) is 0 Å². The Morgan fingerprint density at radius 1 is 1.19 bits per heavy atom. The first-order chi connectivity index (χ1) is 9.99. The summed E-state index contributed by atoms with van der Waals surface area (Å²) in [7, 11) is -3.40. The second-order valence-corrected chi connectivity index (χ2v) is 7.89. The third-order valence-corrected chi connectivity index (χ3v) is 5.18. The third kappa shape index (κ3) is 5.32. The van der Waals surface area contributed by atoms with E-state index < -0.39 is 10.0 Å². The Hall–Kier alpha value is -1.07. The minimum atomic E-state index is -3.40. The summed E-state index contributed by atoms with van der Waals surface area (Å²) >= 11 is 0. The molecule has 1 fully saturated rings. The molecule has 2 N–H and O–H groups in total. The molecule has 0 amide bonds. The van der Waals surface area contributed by atoms with Crippen molar-refractivity contribution in [3.05, 3.63) is 24.3 Å². The van der Waals surface area contributed by atoms with Gasteiger partial charge < -0.3 is 5.32 Å². The van der Waals surface area contributed by atoms with Gasteiger partial charge in [0.1, 0.15) is 4.90 Å². The summed E-state index contributed by atoms with van der Waals surface area (Å²) < 4.78 is 27.4. The van der Waals surface area contributed by atoms with Crippen molar-refractivity contribution in [3.8, 4) is 0 Å². The Morgan fingerprint density at radius 3 is 2.57 bits per heavy atom. The predicted molar refractivity (Wildman–Crippen MR) is 87.0 cm³/mol. The van der Waals surface area contributed by atoms with Gasteiger partial charge in [0, 0.05) is 12.6 Å². The lowest BCUT2D eigenvalue weighted by Gasteiger charge is -2.13. The van der Waals surface area contributed by atoms with E-state index in [0.717, 1.165) is 31.7 Å². The van der Waals surface area contributed by atoms with E-state index in [1.165, 1.54) is 12.8 Å². The molecule has 0 heterocycles. The molecule has 0 saturated heterocycles. The van der Waals surface area contributed by atoms with Crippen molar-refractivity contribution in [1.29, 1.82) is 0 Å². The van der Waals surface area contributed by atoms with Crippen LogP contribution in [0.2, 0.25) is 0 Å². The fourth-order valence-electron chi connectivity index (χ4n) is 2.23. The van der Waals surface area contributed by atoms with E-state index in [9.17, 15) is 8.42 Å². The number of para-hydroxylation sites is 1. The minimum Gasteiger partial charge on any atom is -0.384 e. The van der Waals surface area contributed by atoms with Crippen LogP contribution in [0.1, 0.15) is 46.0 Å². The Kier molecular flexibility index (Phi) is 5.65. The summed E-state index contributed by atoms with van der Waals surface area (Å²) in [6.45, 7) is 5.25. The average Bonchev–Trinajstić information content (AvgIpc) is 3.21. The van der Waals surface area contributed by atoms with Gasteiger partial charge in [-0.25, -0.2) is 13.1 Å². The maximum Gasteiger partial charge on any atom is 0.242 e. The quantitative estimate of drug-likeness (QED) is 0.688. The standard InChI is InChI=1S/C16H26N2O2S/c1-13(2)7-5-6-12-17-15-8-3-4-9-16(15)21(19,20)18-14-10-11-14/h3-4,8-9,13-14,17-18H,5-7,10-12H2,1-2H3. The first-order valence-corrected chi connectivity index (χ1v) is 9.32. The van der Waals surface area contributed by atoms with Crippen LogP contribution in [0, 0.1) is 5.92 Å². The Balaban J connectivity index is 1.93. The summed E-state index contributed by atoms with van der Waals surface area (Å²) in [5, 5.41) is 3.27. The molecule has 0 unspecified atom stereocenters. The summed E-state index contributed by atoms with van der Waals surface area (Å²) in [4.78, 5) is 0.362. The lowest BCUT2D eigenvalue weighted by Crippen LogP contribution is -2.26. The second kappa shape index (κ2) is 7.27. The molecule has 0 aromatic heterocycles. The fourth-order valence-corrected chi connectivity index (χ4v) is 3.72. The molecule has 21 heavy (non-hydrogen) atoms. The maximum absolute atomic E-state index is 12.3. The number of hydrogen-bond donors (Lipinski definition) is 2. The monoisotopic (exact) mass is 310 g/mol. The lowest BCUT2D eigenvalue weighted by molar-refractivity contribution is 0.544. The number of benzene rings is 1. The molecule has 0 bridgehead atoms. The van der Waals surface area contributed by atoms with Gasteiger partial charge in [-0.15, -0.1) is 0 Å². The van der Waals surface area contributed by atoms with Gasteiger partial charge in [0.2, 0.25) is 10.0 Å². The zero-order valence-electron chi connectivity index (χ0n) is 12.9. The Bertz CT molecular complexity index is 551. The third-order valence-electron chi connectivity index (χ3n) is 3.60. The van der Waals surface area contributed by atoms with Crippen molar-refractivity contribution in [2.75, 3.05) is 11.9 Å². The van der Waals surface area contributed by atoms with Crippen molar-refractivity contribution in [3.63, 3.8) is 0 Å². The molecule has 5 heteroatoms. The van der Waals surface area contributed by atoms with Gasteiger partial charge in [-0.3, -0.25) is 0 Å². The molecule has 118 valence electrons. The summed E-state index contributed by atoms with van der Waals surface area (Å²) in [6.07, 6.45) is 5.33. The van der Waals surface area contributed by atoms with Gasteiger partial charge >= 0.3 is 0 Å². The van der Waals surface area contributed by atoms with Crippen LogP contribution in [0.4, 0.5) is 5.69 Å². The van der Waals surface area contributed by atoms with E-state index in [2.05, 4.69) is 23.9 Å². The normalized spacial score (nSPS) is 15.4. The van der Waals surface area contributed by atoms with Gasteiger partial charge in [-0.1, -0.05) is 38.8 Å². The Morgan fingerprint density at radius 2 is 1.90 bits per heavy atom. The first kappa shape index (κ1) is 16.3. The first-order valence-electron chi connectivity index (χ1n) is 7.84. The van der Waals surface area contributed by atoms with Crippen LogP contribution >= 0.6 is 0 Å². The number of hydrogen-bond acceptors (Lipinski definition) is 3. The highest BCUT2D eigenvalue weighted by Gasteiger charge is 2.29. The predicted octanol–water partition coefficient (Wildman–Crippen LogP) is 3.37.